The molecule has 0 aliphatic heterocycles. The first-order valence-electron chi connectivity index (χ1n) is 7.92. The average Bonchev–Trinajstić information content (AvgIpc) is 3.03. The number of anilines is 1. The monoisotopic (exact) mass is 332 g/mol. The Hall–Kier alpha value is -3.41. The van der Waals surface area contributed by atoms with E-state index in [4.69, 9.17) is 0 Å². The van der Waals surface area contributed by atoms with Crippen molar-refractivity contribution in [2.45, 2.75) is 6.54 Å². The molecule has 2 aromatic heterocycles. The third kappa shape index (κ3) is 2.67. The number of aryl methyl sites for hydroxylation is 1. The van der Waals surface area contributed by atoms with Crippen LogP contribution in [0.15, 0.2) is 65.7 Å². The van der Waals surface area contributed by atoms with Crippen LogP contribution in [0.2, 0.25) is 0 Å². The first kappa shape index (κ1) is 15.1. The number of nitrogens with one attached hydrogen (secondary N) is 1. The maximum atomic E-state index is 12.7. The normalized spacial score (nSPS) is 11.1. The number of carbonyl (C=O) groups excluding carboxylic acids is 1. The largest absolute Gasteiger partial charge is 0.331 e. The highest BCUT2D eigenvalue weighted by molar-refractivity contribution is 5.97. The zero-order valence-electron chi connectivity index (χ0n) is 13.6. The minimum Gasteiger partial charge on any atom is -0.331 e. The van der Waals surface area contributed by atoms with Crippen LogP contribution in [-0.4, -0.2) is 20.3 Å². The van der Waals surface area contributed by atoms with Gasteiger partial charge in [0.05, 0.1) is 22.9 Å². The van der Waals surface area contributed by atoms with E-state index in [0.29, 0.717) is 16.5 Å². The van der Waals surface area contributed by atoms with Crippen LogP contribution in [0.25, 0.3) is 21.8 Å². The van der Waals surface area contributed by atoms with Crippen molar-refractivity contribution in [1.29, 1.82) is 0 Å². The van der Waals surface area contributed by atoms with Gasteiger partial charge in [0.25, 0.3) is 0 Å². The molecule has 0 aliphatic rings. The van der Waals surface area contributed by atoms with Crippen LogP contribution < -0.4 is 10.7 Å². The van der Waals surface area contributed by atoms with E-state index in [1.54, 1.807) is 36.3 Å². The second kappa shape index (κ2) is 5.90. The van der Waals surface area contributed by atoms with Crippen molar-refractivity contribution < 1.29 is 4.79 Å². The van der Waals surface area contributed by atoms with Crippen LogP contribution in [0.5, 0.6) is 0 Å². The van der Waals surface area contributed by atoms with Crippen LogP contribution in [0.1, 0.15) is 0 Å². The Bertz CT molecular complexity index is 1100. The molecule has 0 bridgehead atoms. The Morgan fingerprint density at radius 1 is 1.04 bits per heavy atom. The molecule has 0 radical (unpaired) electrons. The number of rotatable bonds is 3. The Morgan fingerprint density at radius 3 is 2.20 bits per heavy atom. The third-order valence-electron chi connectivity index (χ3n) is 4.17. The fourth-order valence-electron chi connectivity index (χ4n) is 3.08. The Labute approximate surface area is 143 Å². The van der Waals surface area contributed by atoms with Crippen LogP contribution in [0.4, 0.5) is 5.69 Å². The van der Waals surface area contributed by atoms with Gasteiger partial charge in [0.2, 0.25) is 5.91 Å². The van der Waals surface area contributed by atoms with E-state index in [1.165, 1.54) is 0 Å². The van der Waals surface area contributed by atoms with Crippen molar-refractivity contribution in [2.75, 3.05) is 5.32 Å². The Kier molecular flexibility index (Phi) is 3.57. The molecule has 0 spiro atoms. The SMILES string of the molecule is Cn1cc(NC(=O)Cn2c3ccccc3c(=O)c3ccccc32)cn1. The summed E-state index contributed by atoms with van der Waals surface area (Å²) >= 11 is 0. The summed E-state index contributed by atoms with van der Waals surface area (Å²) in [5, 5.41) is 8.09. The Balaban J connectivity index is 1.83. The number of pyridine rings is 1. The van der Waals surface area contributed by atoms with Gasteiger partial charge in [-0.15, -0.1) is 0 Å². The zero-order chi connectivity index (χ0) is 17.4. The molecule has 1 amide bonds. The number of fused-ring (bicyclic) bond motifs is 2. The second-order valence-electron chi connectivity index (χ2n) is 5.90. The van der Waals surface area contributed by atoms with Crippen molar-refractivity contribution in [2.24, 2.45) is 7.05 Å². The summed E-state index contributed by atoms with van der Waals surface area (Å²) in [5.41, 5.74) is 2.11. The molecule has 1 N–H and O–H groups in total. The molecule has 0 fully saturated rings. The maximum Gasteiger partial charge on any atom is 0.244 e. The lowest BCUT2D eigenvalue weighted by Gasteiger charge is -2.14. The predicted octanol–water partition coefficient (Wildman–Crippen LogP) is 2.53. The minimum atomic E-state index is -0.174. The summed E-state index contributed by atoms with van der Waals surface area (Å²) in [5.74, 6) is -0.174. The second-order valence-corrected chi connectivity index (χ2v) is 5.90. The molecule has 2 heterocycles. The highest BCUT2D eigenvalue weighted by Crippen LogP contribution is 2.19. The lowest BCUT2D eigenvalue weighted by molar-refractivity contribution is -0.116. The van der Waals surface area contributed by atoms with Crippen molar-refractivity contribution in [3.63, 3.8) is 0 Å². The predicted molar refractivity (Wildman–Crippen MR) is 97.6 cm³/mol. The fraction of sp³-hybridized carbons (Fsp3) is 0.105. The number of carbonyl (C=O) groups is 1. The van der Waals surface area contributed by atoms with Crippen molar-refractivity contribution >= 4 is 33.4 Å². The van der Waals surface area contributed by atoms with Crippen molar-refractivity contribution in [3.05, 3.63) is 71.1 Å². The number of para-hydroxylation sites is 2. The van der Waals surface area contributed by atoms with Crippen LogP contribution in [-0.2, 0) is 18.4 Å². The fourth-order valence-corrected chi connectivity index (χ4v) is 3.08. The molecule has 6 nitrogen and oxygen atoms in total. The molecule has 2 aromatic carbocycles. The summed E-state index contributed by atoms with van der Waals surface area (Å²) in [6, 6.07) is 14.7. The molecule has 124 valence electrons. The highest BCUT2D eigenvalue weighted by atomic mass is 16.2. The molecule has 4 aromatic rings. The first-order chi connectivity index (χ1) is 12.1. The van der Waals surface area contributed by atoms with E-state index in [9.17, 15) is 9.59 Å². The van der Waals surface area contributed by atoms with E-state index >= 15 is 0 Å². The zero-order valence-corrected chi connectivity index (χ0v) is 13.6. The average molecular weight is 332 g/mol. The molecular weight excluding hydrogens is 316 g/mol. The topological polar surface area (TPSA) is 68.9 Å². The minimum absolute atomic E-state index is 0.0184. The highest BCUT2D eigenvalue weighted by Gasteiger charge is 2.13. The van der Waals surface area contributed by atoms with Gasteiger partial charge in [-0.1, -0.05) is 24.3 Å². The van der Waals surface area contributed by atoms with Gasteiger partial charge in [0, 0.05) is 24.0 Å². The van der Waals surface area contributed by atoms with Gasteiger partial charge < -0.3 is 9.88 Å². The lowest BCUT2D eigenvalue weighted by atomic mass is 10.1. The summed E-state index contributed by atoms with van der Waals surface area (Å²) in [7, 11) is 1.79. The number of benzene rings is 2. The van der Waals surface area contributed by atoms with Crippen LogP contribution >= 0.6 is 0 Å². The number of amides is 1. The van der Waals surface area contributed by atoms with Crippen LogP contribution in [0.3, 0.4) is 0 Å². The summed E-state index contributed by atoms with van der Waals surface area (Å²) in [6.45, 7) is 0.107. The summed E-state index contributed by atoms with van der Waals surface area (Å²) < 4.78 is 3.50. The maximum absolute atomic E-state index is 12.7. The summed E-state index contributed by atoms with van der Waals surface area (Å²) in [4.78, 5) is 25.2. The molecular formula is C19H16N4O2. The van der Waals surface area contributed by atoms with E-state index in [2.05, 4.69) is 10.4 Å². The number of nitrogens with zero attached hydrogens (tertiary/aromatic N) is 3. The van der Waals surface area contributed by atoms with Crippen molar-refractivity contribution in [3.8, 4) is 0 Å². The molecule has 4 rings (SSSR count). The van der Waals surface area contributed by atoms with E-state index in [0.717, 1.165) is 11.0 Å². The molecule has 0 saturated heterocycles. The molecule has 6 heteroatoms. The van der Waals surface area contributed by atoms with E-state index < -0.39 is 0 Å². The molecule has 0 atom stereocenters. The van der Waals surface area contributed by atoms with E-state index in [-0.39, 0.29) is 17.9 Å². The van der Waals surface area contributed by atoms with Gasteiger partial charge in [-0.05, 0) is 24.3 Å². The molecule has 25 heavy (non-hydrogen) atoms. The van der Waals surface area contributed by atoms with Gasteiger partial charge in [0.1, 0.15) is 6.54 Å². The van der Waals surface area contributed by atoms with Gasteiger partial charge in [-0.2, -0.15) is 5.10 Å². The Morgan fingerprint density at radius 2 is 1.64 bits per heavy atom. The smallest absolute Gasteiger partial charge is 0.244 e. The molecule has 0 unspecified atom stereocenters. The summed E-state index contributed by atoms with van der Waals surface area (Å²) in [6.07, 6.45) is 3.33. The van der Waals surface area contributed by atoms with Crippen molar-refractivity contribution in [1.82, 2.24) is 14.3 Å². The van der Waals surface area contributed by atoms with Crippen LogP contribution in [0, 0.1) is 0 Å². The molecule has 0 aliphatic carbocycles. The molecule has 0 saturated carbocycles. The van der Waals surface area contributed by atoms with Gasteiger partial charge in [-0.3, -0.25) is 14.3 Å². The number of hydrogen-bond acceptors (Lipinski definition) is 3. The quantitative estimate of drug-likeness (QED) is 0.586. The van der Waals surface area contributed by atoms with Gasteiger partial charge in [0.15, 0.2) is 5.43 Å². The first-order valence-corrected chi connectivity index (χ1v) is 7.92. The standard InChI is InChI=1S/C19H16N4O2/c1-22-11-13(10-20-22)21-18(24)12-23-16-8-4-2-6-14(16)19(25)15-7-3-5-9-17(15)23/h2-11H,12H2,1H3,(H,21,24). The van der Waals surface area contributed by atoms with E-state index in [1.807, 2.05) is 41.0 Å². The van der Waals surface area contributed by atoms with Gasteiger partial charge in [-0.25, -0.2) is 0 Å². The van der Waals surface area contributed by atoms with Gasteiger partial charge >= 0.3 is 0 Å². The third-order valence-corrected chi connectivity index (χ3v) is 4.17. The number of hydrogen-bond donors (Lipinski definition) is 1. The number of aromatic nitrogens is 3. The lowest BCUT2D eigenvalue weighted by Crippen LogP contribution is -2.21.